The van der Waals surface area contributed by atoms with Gasteiger partial charge in [-0.2, -0.15) is 0 Å². The Morgan fingerprint density at radius 2 is 2.00 bits per heavy atom. The molecule has 1 aromatic carbocycles. The van der Waals surface area contributed by atoms with Gasteiger partial charge in [0.15, 0.2) is 0 Å². The number of nitrogens with zero attached hydrogens (tertiary/aromatic N) is 1. The summed E-state index contributed by atoms with van der Waals surface area (Å²) in [6, 6.07) is 9.52. The Hall–Kier alpha value is -1.01. The van der Waals surface area contributed by atoms with Crippen LogP contribution in [0.2, 0.25) is 0 Å². The van der Waals surface area contributed by atoms with Crippen LogP contribution in [-0.2, 0) is 6.61 Å². The molecule has 0 amide bonds. The largest absolute Gasteiger partial charge is 0.446 e. The van der Waals surface area contributed by atoms with Crippen molar-refractivity contribution in [1.82, 2.24) is 5.32 Å². The molecule has 3 nitrogen and oxygen atoms in total. The smallest absolute Gasteiger partial charge is 0.219 e. The summed E-state index contributed by atoms with van der Waals surface area (Å²) in [6.07, 6.45) is 1.51. The van der Waals surface area contributed by atoms with Crippen LogP contribution in [-0.4, -0.2) is 5.11 Å². The molecule has 0 atom stereocenters. The normalized spacial score (nSPS) is 10.3. The molecule has 0 aliphatic rings. The summed E-state index contributed by atoms with van der Waals surface area (Å²) in [6.45, 7) is -0.0221. The zero-order valence-electron chi connectivity index (χ0n) is 7.85. The molecule has 0 saturated carbocycles. The number of aliphatic hydroxyl groups is 1. The molecular weight excluding hydrogens is 305 g/mol. The van der Waals surface area contributed by atoms with Gasteiger partial charge < -0.3 is 9.52 Å². The maximum Gasteiger partial charge on any atom is 0.219 e. The van der Waals surface area contributed by atoms with E-state index < -0.39 is 0 Å². The summed E-state index contributed by atoms with van der Waals surface area (Å²) in [7, 11) is 0. The number of furan rings is 1. The van der Waals surface area contributed by atoms with Gasteiger partial charge in [0.05, 0.1) is 18.6 Å². The number of aliphatic hydroxyl groups excluding tert-OH is 1. The quantitative estimate of drug-likeness (QED) is 0.886. The first-order chi connectivity index (χ1) is 7.28. The third-order valence-electron chi connectivity index (χ3n) is 1.89. The highest BCUT2D eigenvalue weighted by Crippen LogP contribution is 2.20. The Morgan fingerprint density at radius 3 is 2.60 bits per heavy atom. The van der Waals surface area contributed by atoms with E-state index >= 15 is 0 Å². The molecule has 0 saturated heterocycles. The lowest BCUT2D eigenvalue weighted by molar-refractivity contribution is 0.280. The molecule has 1 N–H and O–H groups in total. The highest BCUT2D eigenvalue weighted by atomic mass is 127. The van der Waals surface area contributed by atoms with E-state index in [1.807, 2.05) is 24.3 Å². The minimum Gasteiger partial charge on any atom is -0.446 e. The van der Waals surface area contributed by atoms with Crippen LogP contribution in [0.5, 0.6) is 0 Å². The molecule has 15 heavy (non-hydrogen) atoms. The molecule has 0 fully saturated rings. The van der Waals surface area contributed by atoms with Gasteiger partial charge in [0.25, 0.3) is 0 Å². The summed E-state index contributed by atoms with van der Waals surface area (Å²) < 4.78 is 6.33. The van der Waals surface area contributed by atoms with Gasteiger partial charge >= 0.3 is 0 Å². The van der Waals surface area contributed by atoms with Gasteiger partial charge in [0.1, 0.15) is 0 Å². The van der Waals surface area contributed by atoms with Crippen molar-refractivity contribution in [3.63, 3.8) is 0 Å². The Bertz CT molecular complexity index is 436. The minimum absolute atomic E-state index is 0.0221. The first kappa shape index (κ1) is 10.5. The lowest BCUT2D eigenvalue weighted by Crippen LogP contribution is -1.86. The summed E-state index contributed by atoms with van der Waals surface area (Å²) in [5.74, 6) is 0.514. The van der Waals surface area contributed by atoms with E-state index in [2.05, 4.69) is 27.9 Å². The van der Waals surface area contributed by atoms with Crippen molar-refractivity contribution in [2.75, 3.05) is 0 Å². The second-order valence-corrected chi connectivity index (χ2v) is 4.29. The van der Waals surface area contributed by atoms with Crippen molar-refractivity contribution in [3.8, 4) is 0 Å². The van der Waals surface area contributed by atoms with Crippen molar-refractivity contribution in [3.05, 3.63) is 45.7 Å². The highest BCUT2D eigenvalue weighted by molar-refractivity contribution is 14.1. The SMILES string of the molecule is OCc1coc([N]c2ccc(I)cc2)c1. The van der Waals surface area contributed by atoms with E-state index in [-0.39, 0.29) is 6.61 Å². The second kappa shape index (κ2) is 4.67. The summed E-state index contributed by atoms with van der Waals surface area (Å²) in [5, 5.41) is 13.1. The van der Waals surface area contributed by atoms with Crippen molar-refractivity contribution >= 4 is 34.2 Å². The van der Waals surface area contributed by atoms with Gasteiger partial charge in [0, 0.05) is 15.2 Å². The van der Waals surface area contributed by atoms with Crippen LogP contribution in [0.1, 0.15) is 5.56 Å². The van der Waals surface area contributed by atoms with Gasteiger partial charge in [-0.3, -0.25) is 0 Å². The van der Waals surface area contributed by atoms with E-state index in [0.717, 1.165) is 11.3 Å². The molecule has 0 unspecified atom stereocenters. The zero-order valence-corrected chi connectivity index (χ0v) is 10.0. The van der Waals surface area contributed by atoms with E-state index in [1.54, 1.807) is 6.07 Å². The van der Waals surface area contributed by atoms with Crippen LogP contribution in [0.3, 0.4) is 0 Å². The molecule has 0 bridgehead atoms. The fourth-order valence-electron chi connectivity index (χ4n) is 1.15. The molecule has 2 aromatic rings. The Morgan fingerprint density at radius 1 is 1.27 bits per heavy atom. The van der Waals surface area contributed by atoms with Crippen LogP contribution in [0.4, 0.5) is 11.6 Å². The predicted octanol–water partition coefficient (Wildman–Crippen LogP) is 2.94. The molecule has 77 valence electrons. The average molecular weight is 314 g/mol. The maximum atomic E-state index is 8.85. The second-order valence-electron chi connectivity index (χ2n) is 3.04. The van der Waals surface area contributed by atoms with Gasteiger partial charge in [0.2, 0.25) is 5.88 Å². The predicted molar refractivity (Wildman–Crippen MR) is 65.2 cm³/mol. The fourth-order valence-corrected chi connectivity index (χ4v) is 1.51. The zero-order chi connectivity index (χ0) is 10.7. The lowest BCUT2D eigenvalue weighted by Gasteiger charge is -1.98. The van der Waals surface area contributed by atoms with Crippen LogP contribution < -0.4 is 5.32 Å². The van der Waals surface area contributed by atoms with Gasteiger partial charge in [-0.1, -0.05) is 0 Å². The molecule has 4 heteroatoms. The number of rotatable bonds is 3. The topological polar surface area (TPSA) is 47.5 Å². The van der Waals surface area contributed by atoms with Crippen LogP contribution >= 0.6 is 22.6 Å². The maximum absolute atomic E-state index is 8.85. The Balaban J connectivity index is 2.11. The first-order valence-electron chi connectivity index (χ1n) is 4.43. The first-order valence-corrected chi connectivity index (χ1v) is 5.51. The number of halogens is 1. The molecule has 0 aliphatic heterocycles. The molecule has 0 spiro atoms. The number of hydrogen-bond acceptors (Lipinski definition) is 2. The Labute approximate surface area is 101 Å². The molecule has 1 radical (unpaired) electrons. The molecule has 2 rings (SSSR count). The third kappa shape index (κ3) is 2.73. The van der Waals surface area contributed by atoms with Gasteiger partial charge in [-0.25, -0.2) is 5.32 Å². The van der Waals surface area contributed by atoms with E-state index in [4.69, 9.17) is 9.52 Å². The van der Waals surface area contributed by atoms with E-state index in [1.165, 1.54) is 9.83 Å². The summed E-state index contributed by atoms with van der Waals surface area (Å²) in [4.78, 5) is 0. The van der Waals surface area contributed by atoms with Crippen LogP contribution in [0.25, 0.3) is 0 Å². The van der Waals surface area contributed by atoms with Crippen LogP contribution in [0.15, 0.2) is 41.0 Å². The van der Waals surface area contributed by atoms with E-state index in [9.17, 15) is 0 Å². The lowest BCUT2D eigenvalue weighted by atomic mass is 10.3. The standard InChI is InChI=1S/C11H9INO2/c12-9-1-3-10(4-2-9)13-11-5-8(6-14)7-15-11/h1-5,7,14H,6H2. The summed E-state index contributed by atoms with van der Waals surface area (Å²) >= 11 is 2.24. The van der Waals surface area contributed by atoms with Crippen molar-refractivity contribution in [1.29, 1.82) is 0 Å². The molecular formula is C11H9INO2. The Kier molecular flexibility index (Phi) is 3.27. The van der Waals surface area contributed by atoms with Crippen LogP contribution in [0, 0.1) is 3.57 Å². The fraction of sp³-hybridized carbons (Fsp3) is 0.0909. The van der Waals surface area contributed by atoms with Crippen molar-refractivity contribution in [2.24, 2.45) is 0 Å². The third-order valence-corrected chi connectivity index (χ3v) is 2.61. The van der Waals surface area contributed by atoms with E-state index in [0.29, 0.717) is 5.88 Å². The molecule has 1 heterocycles. The highest BCUT2D eigenvalue weighted by Gasteiger charge is 2.02. The van der Waals surface area contributed by atoms with Crippen molar-refractivity contribution in [2.45, 2.75) is 6.61 Å². The molecule has 0 aliphatic carbocycles. The minimum atomic E-state index is -0.0221. The monoisotopic (exact) mass is 314 g/mol. The average Bonchev–Trinajstić information content (AvgIpc) is 2.69. The van der Waals surface area contributed by atoms with Gasteiger partial charge in [-0.05, 0) is 46.9 Å². The van der Waals surface area contributed by atoms with Crippen molar-refractivity contribution < 1.29 is 9.52 Å². The molecule has 1 aromatic heterocycles. The summed E-state index contributed by atoms with van der Waals surface area (Å²) in [5.41, 5.74) is 1.58. The number of hydrogen-bond donors (Lipinski definition) is 1. The van der Waals surface area contributed by atoms with Gasteiger partial charge in [-0.15, -0.1) is 0 Å². The number of benzene rings is 1.